The van der Waals surface area contributed by atoms with Gasteiger partial charge in [-0.2, -0.15) is 13.2 Å². The van der Waals surface area contributed by atoms with Crippen LogP contribution < -0.4 is 5.32 Å². The number of hydrogen-bond donors (Lipinski definition) is 1. The van der Waals surface area contributed by atoms with Crippen molar-refractivity contribution >= 4 is 29.1 Å². The molecular formula is C10H9Cl2F3N2O2. The van der Waals surface area contributed by atoms with Gasteiger partial charge in [-0.3, -0.25) is 4.79 Å². The zero-order valence-electron chi connectivity index (χ0n) is 9.43. The Hall–Kier alpha value is -1.05. The summed E-state index contributed by atoms with van der Waals surface area (Å²) in [7, 11) is 0. The second-order valence-electron chi connectivity index (χ2n) is 3.42. The zero-order chi connectivity index (χ0) is 14.5. The third-order valence-electron chi connectivity index (χ3n) is 1.86. The van der Waals surface area contributed by atoms with E-state index in [0.717, 1.165) is 0 Å². The molecule has 0 saturated heterocycles. The number of hydrogen-bond acceptors (Lipinski definition) is 3. The van der Waals surface area contributed by atoms with Crippen LogP contribution in [0.2, 0.25) is 10.2 Å². The number of halogens is 5. The number of pyridine rings is 1. The molecule has 0 aliphatic heterocycles. The molecular weight excluding hydrogens is 308 g/mol. The summed E-state index contributed by atoms with van der Waals surface area (Å²) in [4.78, 5) is 15.2. The second kappa shape index (κ2) is 6.93. The zero-order valence-corrected chi connectivity index (χ0v) is 10.9. The molecule has 1 aromatic heterocycles. The topological polar surface area (TPSA) is 51.2 Å². The van der Waals surface area contributed by atoms with Crippen LogP contribution in [0.15, 0.2) is 12.3 Å². The van der Waals surface area contributed by atoms with Crippen molar-refractivity contribution < 1.29 is 22.7 Å². The van der Waals surface area contributed by atoms with E-state index in [4.69, 9.17) is 23.2 Å². The van der Waals surface area contributed by atoms with Crippen molar-refractivity contribution in [2.75, 3.05) is 19.8 Å². The van der Waals surface area contributed by atoms with E-state index in [1.165, 1.54) is 12.3 Å². The first-order chi connectivity index (χ1) is 8.79. The van der Waals surface area contributed by atoms with Crippen LogP contribution in [0.5, 0.6) is 0 Å². The highest BCUT2D eigenvalue weighted by atomic mass is 35.5. The second-order valence-corrected chi connectivity index (χ2v) is 4.19. The van der Waals surface area contributed by atoms with Gasteiger partial charge in [0.05, 0.1) is 17.2 Å². The number of nitrogens with zero attached hydrogens (tertiary/aromatic N) is 1. The average molecular weight is 317 g/mol. The molecule has 0 unspecified atom stereocenters. The molecule has 1 rings (SSSR count). The molecule has 1 aromatic rings. The van der Waals surface area contributed by atoms with E-state index in [1.807, 2.05) is 0 Å². The highest BCUT2D eigenvalue weighted by molar-refractivity contribution is 6.41. The predicted molar refractivity (Wildman–Crippen MR) is 63.5 cm³/mol. The Balaban J connectivity index is 2.33. The van der Waals surface area contributed by atoms with Crippen molar-refractivity contribution in [3.8, 4) is 0 Å². The van der Waals surface area contributed by atoms with Crippen LogP contribution >= 0.6 is 23.2 Å². The maximum Gasteiger partial charge on any atom is 0.411 e. The summed E-state index contributed by atoms with van der Waals surface area (Å²) in [6.45, 7) is -1.66. The van der Waals surface area contributed by atoms with Crippen molar-refractivity contribution in [2.45, 2.75) is 6.18 Å². The van der Waals surface area contributed by atoms with E-state index in [9.17, 15) is 18.0 Å². The van der Waals surface area contributed by atoms with Crippen LogP contribution in [-0.2, 0) is 4.74 Å². The standard InChI is InChI=1S/C10H9Cl2F3N2O2/c11-7-3-6(4-17-8(7)12)9(18)16-1-2-19-5-10(13,14)15/h3-4H,1-2,5H2,(H,16,18). The van der Waals surface area contributed by atoms with Crippen LogP contribution in [0.25, 0.3) is 0 Å². The summed E-state index contributed by atoms with van der Waals surface area (Å²) in [5.74, 6) is -0.526. The molecule has 0 aliphatic carbocycles. The van der Waals surface area contributed by atoms with E-state index in [-0.39, 0.29) is 28.9 Å². The van der Waals surface area contributed by atoms with Gasteiger partial charge < -0.3 is 10.1 Å². The molecule has 0 spiro atoms. The first-order valence-electron chi connectivity index (χ1n) is 5.03. The molecule has 0 bridgehead atoms. The lowest BCUT2D eigenvalue weighted by molar-refractivity contribution is -0.173. The third-order valence-corrected chi connectivity index (χ3v) is 2.54. The lowest BCUT2D eigenvalue weighted by Gasteiger charge is -2.08. The molecule has 1 amide bonds. The number of carbonyl (C=O) groups is 1. The summed E-state index contributed by atoms with van der Waals surface area (Å²) in [5, 5.41) is 2.53. The fourth-order valence-electron chi connectivity index (χ4n) is 1.07. The molecule has 1 N–H and O–H groups in total. The fourth-order valence-corrected chi connectivity index (χ4v) is 1.34. The van der Waals surface area contributed by atoms with Gasteiger partial charge in [-0.15, -0.1) is 0 Å². The first kappa shape index (κ1) is 16.0. The van der Waals surface area contributed by atoms with Crippen LogP contribution in [0.1, 0.15) is 10.4 Å². The lowest BCUT2D eigenvalue weighted by atomic mass is 10.3. The molecule has 0 saturated carbocycles. The predicted octanol–water partition coefficient (Wildman–Crippen LogP) is 2.70. The highest BCUT2D eigenvalue weighted by Crippen LogP contribution is 2.19. The number of amides is 1. The van der Waals surface area contributed by atoms with Crippen molar-refractivity contribution in [1.82, 2.24) is 10.3 Å². The van der Waals surface area contributed by atoms with Gasteiger partial charge in [0, 0.05) is 12.7 Å². The SMILES string of the molecule is O=C(NCCOCC(F)(F)F)c1cnc(Cl)c(Cl)c1. The minimum Gasteiger partial charge on any atom is -0.370 e. The molecule has 1 heterocycles. The Bertz CT molecular complexity index is 455. The molecule has 0 radical (unpaired) electrons. The Kier molecular flexibility index (Phi) is 5.84. The minimum atomic E-state index is -4.38. The van der Waals surface area contributed by atoms with Gasteiger partial charge in [0.1, 0.15) is 11.8 Å². The summed E-state index contributed by atoms with van der Waals surface area (Å²) >= 11 is 11.2. The Morgan fingerprint density at radius 1 is 1.42 bits per heavy atom. The van der Waals surface area contributed by atoms with Gasteiger partial charge >= 0.3 is 6.18 Å². The lowest BCUT2D eigenvalue weighted by Crippen LogP contribution is -2.29. The molecule has 0 aliphatic rings. The molecule has 19 heavy (non-hydrogen) atoms. The fraction of sp³-hybridized carbons (Fsp3) is 0.400. The van der Waals surface area contributed by atoms with Gasteiger partial charge in [-0.05, 0) is 6.07 Å². The smallest absolute Gasteiger partial charge is 0.370 e. The summed E-state index contributed by atoms with van der Waals surface area (Å²) in [5.41, 5.74) is 0.158. The maximum atomic E-state index is 11.7. The molecule has 106 valence electrons. The minimum absolute atomic E-state index is 0.0604. The molecule has 4 nitrogen and oxygen atoms in total. The van der Waals surface area contributed by atoms with E-state index in [2.05, 4.69) is 15.0 Å². The first-order valence-corrected chi connectivity index (χ1v) is 5.79. The van der Waals surface area contributed by atoms with Crippen LogP contribution in [-0.4, -0.2) is 36.8 Å². The Morgan fingerprint density at radius 2 is 2.11 bits per heavy atom. The number of alkyl halides is 3. The van der Waals surface area contributed by atoms with E-state index in [1.54, 1.807) is 0 Å². The third kappa shape index (κ3) is 6.09. The van der Waals surface area contributed by atoms with Crippen LogP contribution in [0.4, 0.5) is 13.2 Å². The highest BCUT2D eigenvalue weighted by Gasteiger charge is 2.27. The van der Waals surface area contributed by atoms with Gasteiger partial charge in [-0.1, -0.05) is 23.2 Å². The van der Waals surface area contributed by atoms with Gasteiger partial charge in [0.15, 0.2) is 0 Å². The quantitative estimate of drug-likeness (QED) is 0.671. The normalized spacial score (nSPS) is 11.4. The summed E-state index contributed by atoms with van der Waals surface area (Å²) in [6.07, 6.45) is -3.17. The maximum absolute atomic E-state index is 11.7. The number of aromatic nitrogens is 1. The van der Waals surface area contributed by atoms with E-state index in [0.29, 0.717) is 0 Å². The van der Waals surface area contributed by atoms with Gasteiger partial charge in [0.25, 0.3) is 5.91 Å². The number of nitrogens with one attached hydrogen (secondary N) is 1. The average Bonchev–Trinajstić information content (AvgIpc) is 2.30. The number of carbonyl (C=O) groups excluding carboxylic acids is 1. The Labute approximate surface area is 116 Å². The summed E-state index contributed by atoms with van der Waals surface area (Å²) in [6, 6.07) is 1.31. The van der Waals surface area contributed by atoms with Crippen LogP contribution in [0, 0.1) is 0 Å². The van der Waals surface area contributed by atoms with Crippen molar-refractivity contribution in [3.05, 3.63) is 28.0 Å². The molecule has 9 heteroatoms. The number of rotatable bonds is 5. The van der Waals surface area contributed by atoms with Gasteiger partial charge in [0.2, 0.25) is 0 Å². The Morgan fingerprint density at radius 3 is 2.68 bits per heavy atom. The molecule has 0 atom stereocenters. The monoisotopic (exact) mass is 316 g/mol. The van der Waals surface area contributed by atoms with Crippen molar-refractivity contribution in [2.24, 2.45) is 0 Å². The van der Waals surface area contributed by atoms with E-state index < -0.39 is 18.7 Å². The summed E-state index contributed by atoms with van der Waals surface area (Å²) < 4.78 is 39.5. The van der Waals surface area contributed by atoms with E-state index >= 15 is 0 Å². The number of ether oxygens (including phenoxy) is 1. The molecule has 0 fully saturated rings. The largest absolute Gasteiger partial charge is 0.411 e. The van der Waals surface area contributed by atoms with Crippen LogP contribution in [0.3, 0.4) is 0 Å². The molecule has 0 aromatic carbocycles. The van der Waals surface area contributed by atoms with Crippen molar-refractivity contribution in [3.63, 3.8) is 0 Å². The van der Waals surface area contributed by atoms with Crippen molar-refractivity contribution in [1.29, 1.82) is 0 Å². The van der Waals surface area contributed by atoms with Gasteiger partial charge in [-0.25, -0.2) is 4.98 Å².